The molecule has 1 heterocycles. The van der Waals surface area contributed by atoms with E-state index >= 15 is 0 Å². The minimum atomic E-state index is 0.0128. The summed E-state index contributed by atoms with van der Waals surface area (Å²) in [6.07, 6.45) is 6.89. The summed E-state index contributed by atoms with van der Waals surface area (Å²) in [6, 6.07) is 4.21. The zero-order valence-electron chi connectivity index (χ0n) is 12.0. The van der Waals surface area contributed by atoms with Crippen LogP contribution in [0.3, 0.4) is 0 Å². The summed E-state index contributed by atoms with van der Waals surface area (Å²) in [4.78, 5) is 6.88. The minimum Gasteiger partial charge on any atom is -0.370 e. The van der Waals surface area contributed by atoms with E-state index in [4.69, 9.17) is 5.73 Å². The SMILES string of the molecule is CCCCN(CCCC)c1ccc([C@H](C)N)nc1. The Balaban J connectivity index is 2.70. The van der Waals surface area contributed by atoms with E-state index in [1.807, 2.05) is 19.2 Å². The van der Waals surface area contributed by atoms with Gasteiger partial charge in [-0.1, -0.05) is 26.7 Å². The zero-order valence-corrected chi connectivity index (χ0v) is 12.0. The molecule has 1 atom stereocenters. The molecule has 0 spiro atoms. The fourth-order valence-corrected chi connectivity index (χ4v) is 1.92. The van der Waals surface area contributed by atoms with Crippen LogP contribution in [-0.4, -0.2) is 18.1 Å². The summed E-state index contributed by atoms with van der Waals surface area (Å²) in [6.45, 7) is 8.67. The summed E-state index contributed by atoms with van der Waals surface area (Å²) in [7, 11) is 0. The van der Waals surface area contributed by atoms with E-state index in [0.717, 1.165) is 18.8 Å². The number of anilines is 1. The van der Waals surface area contributed by atoms with Crippen LogP contribution in [0.4, 0.5) is 5.69 Å². The number of hydrogen-bond acceptors (Lipinski definition) is 3. The molecule has 2 N–H and O–H groups in total. The lowest BCUT2D eigenvalue weighted by molar-refractivity contribution is 0.676. The van der Waals surface area contributed by atoms with Crippen LogP contribution < -0.4 is 10.6 Å². The van der Waals surface area contributed by atoms with Gasteiger partial charge in [0.2, 0.25) is 0 Å². The van der Waals surface area contributed by atoms with Crippen molar-refractivity contribution in [1.29, 1.82) is 0 Å². The molecule has 0 aliphatic heterocycles. The van der Waals surface area contributed by atoms with Gasteiger partial charge in [0.1, 0.15) is 0 Å². The van der Waals surface area contributed by atoms with Gasteiger partial charge in [0.25, 0.3) is 0 Å². The Morgan fingerprint density at radius 3 is 2.17 bits per heavy atom. The van der Waals surface area contributed by atoms with E-state index in [2.05, 4.69) is 29.8 Å². The Kier molecular flexibility index (Phi) is 6.73. The molecule has 0 aliphatic rings. The van der Waals surface area contributed by atoms with E-state index in [0.29, 0.717) is 0 Å². The van der Waals surface area contributed by atoms with Crippen LogP contribution in [0.15, 0.2) is 18.3 Å². The molecule has 0 fully saturated rings. The first-order valence-electron chi connectivity index (χ1n) is 7.15. The fourth-order valence-electron chi connectivity index (χ4n) is 1.92. The Hall–Kier alpha value is -1.09. The van der Waals surface area contributed by atoms with Crippen LogP contribution >= 0.6 is 0 Å². The molecule has 0 bridgehead atoms. The van der Waals surface area contributed by atoms with Crippen LogP contribution in [0, 0.1) is 0 Å². The number of aromatic nitrogens is 1. The second-order valence-corrected chi connectivity index (χ2v) is 4.92. The van der Waals surface area contributed by atoms with Crippen LogP contribution in [0.5, 0.6) is 0 Å². The molecule has 3 heteroatoms. The van der Waals surface area contributed by atoms with Crippen LogP contribution in [0.25, 0.3) is 0 Å². The largest absolute Gasteiger partial charge is 0.370 e. The highest BCUT2D eigenvalue weighted by atomic mass is 15.1. The molecule has 0 saturated carbocycles. The number of nitrogens with zero attached hydrogens (tertiary/aromatic N) is 2. The zero-order chi connectivity index (χ0) is 13.4. The number of pyridine rings is 1. The summed E-state index contributed by atoms with van der Waals surface area (Å²) < 4.78 is 0. The van der Waals surface area contributed by atoms with Crippen LogP contribution in [0.1, 0.15) is 58.2 Å². The summed E-state index contributed by atoms with van der Waals surface area (Å²) in [5, 5.41) is 0. The first kappa shape index (κ1) is 15.0. The van der Waals surface area contributed by atoms with Crippen molar-refractivity contribution >= 4 is 5.69 Å². The summed E-state index contributed by atoms with van der Waals surface area (Å²) in [5.41, 5.74) is 8.01. The Labute approximate surface area is 111 Å². The molecule has 0 amide bonds. The van der Waals surface area contributed by atoms with Crippen molar-refractivity contribution in [2.45, 2.75) is 52.5 Å². The van der Waals surface area contributed by atoms with Gasteiger partial charge in [-0.2, -0.15) is 0 Å². The number of nitrogens with two attached hydrogens (primary N) is 1. The van der Waals surface area contributed by atoms with Gasteiger partial charge in [-0.3, -0.25) is 4.98 Å². The maximum atomic E-state index is 5.82. The standard InChI is InChI=1S/C15H27N3/c1-4-6-10-18(11-7-5-2)14-8-9-15(13(3)16)17-12-14/h8-9,12-13H,4-7,10-11,16H2,1-3H3/t13-/m0/s1. The Morgan fingerprint density at radius 1 is 1.17 bits per heavy atom. The average molecular weight is 249 g/mol. The normalized spacial score (nSPS) is 12.4. The smallest absolute Gasteiger partial charge is 0.0569 e. The molecule has 0 aliphatic carbocycles. The maximum absolute atomic E-state index is 5.82. The van der Waals surface area contributed by atoms with Gasteiger partial charge in [-0.05, 0) is 31.9 Å². The third-order valence-corrected chi connectivity index (χ3v) is 3.17. The fraction of sp³-hybridized carbons (Fsp3) is 0.667. The van der Waals surface area contributed by atoms with Crippen molar-refractivity contribution in [2.24, 2.45) is 5.73 Å². The molecule has 1 rings (SSSR count). The Bertz CT molecular complexity index is 311. The van der Waals surface area contributed by atoms with Crippen molar-refractivity contribution in [2.75, 3.05) is 18.0 Å². The van der Waals surface area contributed by atoms with E-state index in [1.165, 1.54) is 31.4 Å². The van der Waals surface area contributed by atoms with Crippen molar-refractivity contribution < 1.29 is 0 Å². The molecule has 0 radical (unpaired) electrons. The van der Waals surface area contributed by atoms with E-state index in [1.54, 1.807) is 0 Å². The molecular weight excluding hydrogens is 222 g/mol. The lowest BCUT2D eigenvalue weighted by Crippen LogP contribution is -2.25. The maximum Gasteiger partial charge on any atom is 0.0569 e. The molecule has 0 aromatic carbocycles. The first-order chi connectivity index (χ1) is 8.69. The van der Waals surface area contributed by atoms with Gasteiger partial charge in [-0.25, -0.2) is 0 Å². The van der Waals surface area contributed by atoms with E-state index in [-0.39, 0.29) is 6.04 Å². The number of hydrogen-bond donors (Lipinski definition) is 1. The predicted molar refractivity (Wildman–Crippen MR) is 78.9 cm³/mol. The van der Waals surface area contributed by atoms with Gasteiger partial charge in [0, 0.05) is 19.1 Å². The summed E-state index contributed by atoms with van der Waals surface area (Å²) in [5.74, 6) is 0. The molecule has 18 heavy (non-hydrogen) atoms. The molecule has 0 unspecified atom stereocenters. The lowest BCUT2D eigenvalue weighted by Gasteiger charge is -2.24. The summed E-state index contributed by atoms with van der Waals surface area (Å²) >= 11 is 0. The highest BCUT2D eigenvalue weighted by molar-refractivity contribution is 5.44. The van der Waals surface area contributed by atoms with E-state index < -0.39 is 0 Å². The molecule has 0 saturated heterocycles. The second kappa shape index (κ2) is 8.09. The number of unbranched alkanes of at least 4 members (excludes halogenated alkanes) is 2. The third-order valence-electron chi connectivity index (χ3n) is 3.17. The molecule has 3 nitrogen and oxygen atoms in total. The van der Waals surface area contributed by atoms with Gasteiger partial charge >= 0.3 is 0 Å². The highest BCUT2D eigenvalue weighted by Gasteiger charge is 2.07. The van der Waals surface area contributed by atoms with Gasteiger partial charge in [0.15, 0.2) is 0 Å². The van der Waals surface area contributed by atoms with Crippen molar-refractivity contribution in [3.8, 4) is 0 Å². The van der Waals surface area contributed by atoms with Crippen molar-refractivity contribution in [3.63, 3.8) is 0 Å². The van der Waals surface area contributed by atoms with Gasteiger partial charge in [0.05, 0.1) is 17.6 Å². The highest BCUT2D eigenvalue weighted by Crippen LogP contribution is 2.17. The predicted octanol–water partition coefficient (Wildman–Crippen LogP) is 3.51. The quantitative estimate of drug-likeness (QED) is 0.766. The Morgan fingerprint density at radius 2 is 1.78 bits per heavy atom. The molecule has 1 aromatic rings. The van der Waals surface area contributed by atoms with Crippen molar-refractivity contribution in [3.05, 3.63) is 24.0 Å². The van der Waals surface area contributed by atoms with Gasteiger partial charge < -0.3 is 10.6 Å². The van der Waals surface area contributed by atoms with Gasteiger partial charge in [-0.15, -0.1) is 0 Å². The lowest BCUT2D eigenvalue weighted by atomic mass is 10.2. The second-order valence-electron chi connectivity index (χ2n) is 4.92. The number of rotatable bonds is 8. The van der Waals surface area contributed by atoms with Crippen molar-refractivity contribution in [1.82, 2.24) is 4.98 Å². The van der Waals surface area contributed by atoms with E-state index in [9.17, 15) is 0 Å². The topological polar surface area (TPSA) is 42.1 Å². The van der Waals surface area contributed by atoms with Crippen LogP contribution in [0.2, 0.25) is 0 Å². The first-order valence-corrected chi connectivity index (χ1v) is 7.15. The molecule has 1 aromatic heterocycles. The average Bonchev–Trinajstić information content (AvgIpc) is 2.39. The minimum absolute atomic E-state index is 0.0128. The molecular formula is C15H27N3. The third kappa shape index (κ3) is 4.65. The molecule has 102 valence electrons. The monoisotopic (exact) mass is 249 g/mol. The van der Waals surface area contributed by atoms with Crippen LogP contribution in [-0.2, 0) is 0 Å².